The van der Waals surface area contributed by atoms with Crippen LogP contribution in [0.15, 0.2) is 4.47 Å². The normalized spacial score (nSPS) is 19.0. The highest BCUT2D eigenvalue weighted by Crippen LogP contribution is 2.43. The third kappa shape index (κ3) is 2.17. The van der Waals surface area contributed by atoms with Crippen molar-refractivity contribution in [2.75, 3.05) is 0 Å². The van der Waals surface area contributed by atoms with E-state index < -0.39 is 28.0 Å². The molecule has 0 aromatic heterocycles. The van der Waals surface area contributed by atoms with E-state index in [1.54, 1.807) is 0 Å². The Bertz CT molecular complexity index is 458. The molecule has 0 amide bonds. The van der Waals surface area contributed by atoms with Gasteiger partial charge in [0.05, 0.1) is 4.47 Å². The van der Waals surface area contributed by atoms with Crippen molar-refractivity contribution < 1.29 is 13.2 Å². The van der Waals surface area contributed by atoms with E-state index in [4.69, 9.17) is 17.3 Å². The zero-order valence-corrected chi connectivity index (χ0v) is 11.8. The Morgan fingerprint density at radius 3 is 2.11 bits per heavy atom. The van der Waals surface area contributed by atoms with E-state index in [1.807, 2.05) is 0 Å². The molecule has 2 rings (SSSR count). The van der Waals surface area contributed by atoms with E-state index in [0.717, 1.165) is 19.3 Å². The number of halogens is 5. The number of rotatable bonds is 1. The Morgan fingerprint density at radius 2 is 1.56 bits per heavy atom. The number of hydrogen-bond donors (Lipinski definition) is 1. The molecule has 1 fully saturated rings. The summed E-state index contributed by atoms with van der Waals surface area (Å²) >= 11 is 8.32. The van der Waals surface area contributed by atoms with Crippen molar-refractivity contribution in [1.29, 1.82) is 0 Å². The van der Waals surface area contributed by atoms with Gasteiger partial charge in [-0.3, -0.25) is 0 Å². The number of hydrogen-bond acceptors (Lipinski definition) is 1. The summed E-state index contributed by atoms with van der Waals surface area (Å²) in [5, 5.41) is -0.845. The van der Waals surface area contributed by atoms with Crippen molar-refractivity contribution >= 4 is 27.5 Å². The van der Waals surface area contributed by atoms with Crippen molar-refractivity contribution in [3.05, 3.63) is 32.5 Å². The fourth-order valence-corrected chi connectivity index (χ4v) is 3.53. The minimum atomic E-state index is -1.37. The lowest BCUT2D eigenvalue weighted by Gasteiger charge is -2.35. The molecule has 1 aromatic rings. The molecule has 0 unspecified atom stereocenters. The first-order valence-electron chi connectivity index (χ1n) is 5.69. The summed E-state index contributed by atoms with van der Waals surface area (Å²) in [5.74, 6) is -3.53. The SMILES string of the molecule is NC1(c2c(F)c(F)c(Cl)c(F)c2Br)CCCCC1. The third-order valence-corrected chi connectivity index (χ3v) is 4.53. The van der Waals surface area contributed by atoms with Gasteiger partial charge in [-0.2, -0.15) is 0 Å². The summed E-state index contributed by atoms with van der Waals surface area (Å²) in [4.78, 5) is 0. The van der Waals surface area contributed by atoms with Gasteiger partial charge in [0.25, 0.3) is 0 Å². The van der Waals surface area contributed by atoms with Gasteiger partial charge < -0.3 is 5.73 Å². The van der Waals surface area contributed by atoms with E-state index in [9.17, 15) is 13.2 Å². The predicted octanol–water partition coefficient (Wildman–Crippen LogP) is 4.64. The molecular weight excluding hydrogens is 330 g/mol. The van der Waals surface area contributed by atoms with Gasteiger partial charge in [-0.05, 0) is 28.8 Å². The molecule has 0 radical (unpaired) electrons. The second kappa shape index (κ2) is 5.02. The van der Waals surface area contributed by atoms with Crippen LogP contribution in [0.25, 0.3) is 0 Å². The highest BCUT2D eigenvalue weighted by Gasteiger charge is 2.37. The maximum atomic E-state index is 14.0. The van der Waals surface area contributed by atoms with Crippen LogP contribution >= 0.6 is 27.5 Å². The van der Waals surface area contributed by atoms with Crippen LogP contribution in [0.5, 0.6) is 0 Å². The predicted molar refractivity (Wildman–Crippen MR) is 68.0 cm³/mol. The lowest BCUT2D eigenvalue weighted by molar-refractivity contribution is 0.286. The van der Waals surface area contributed by atoms with Crippen molar-refractivity contribution in [3.63, 3.8) is 0 Å². The number of nitrogens with two attached hydrogens (primary N) is 1. The molecule has 100 valence electrons. The largest absolute Gasteiger partial charge is 0.321 e. The zero-order valence-electron chi connectivity index (χ0n) is 9.50. The summed E-state index contributed by atoms with van der Waals surface area (Å²) in [7, 11) is 0. The van der Waals surface area contributed by atoms with Crippen molar-refractivity contribution in [2.45, 2.75) is 37.6 Å². The summed E-state index contributed by atoms with van der Waals surface area (Å²) in [5.41, 5.74) is 4.95. The van der Waals surface area contributed by atoms with Crippen molar-refractivity contribution in [1.82, 2.24) is 0 Å². The van der Waals surface area contributed by atoms with Gasteiger partial charge >= 0.3 is 0 Å². The van der Waals surface area contributed by atoms with Crippen LogP contribution in [-0.2, 0) is 5.54 Å². The minimum absolute atomic E-state index is 0.137. The first-order valence-corrected chi connectivity index (χ1v) is 6.86. The topological polar surface area (TPSA) is 26.0 Å². The van der Waals surface area contributed by atoms with Crippen molar-refractivity contribution in [2.24, 2.45) is 5.73 Å². The Hall–Kier alpha value is -0.260. The van der Waals surface area contributed by atoms with Gasteiger partial charge in [0.2, 0.25) is 0 Å². The molecule has 18 heavy (non-hydrogen) atoms. The molecular formula is C12H12BrClF3N. The second-order valence-corrected chi connectivity index (χ2v) is 5.83. The smallest absolute Gasteiger partial charge is 0.180 e. The summed E-state index contributed by atoms with van der Waals surface area (Å²) < 4.78 is 41.1. The van der Waals surface area contributed by atoms with Crippen LogP contribution in [0, 0.1) is 17.5 Å². The highest BCUT2D eigenvalue weighted by atomic mass is 79.9. The lowest BCUT2D eigenvalue weighted by Crippen LogP contribution is -2.40. The van der Waals surface area contributed by atoms with Crippen LogP contribution in [-0.4, -0.2) is 0 Å². The van der Waals surface area contributed by atoms with E-state index in [1.165, 1.54) is 0 Å². The maximum absolute atomic E-state index is 14.0. The van der Waals surface area contributed by atoms with Crippen LogP contribution in [0.3, 0.4) is 0 Å². The van der Waals surface area contributed by atoms with Crippen LogP contribution < -0.4 is 5.73 Å². The van der Waals surface area contributed by atoms with Crippen LogP contribution in [0.1, 0.15) is 37.7 Å². The van der Waals surface area contributed by atoms with Crippen molar-refractivity contribution in [3.8, 4) is 0 Å². The molecule has 1 aliphatic rings. The first kappa shape index (κ1) is 14.2. The Labute approximate surface area is 117 Å². The molecule has 1 nitrogen and oxygen atoms in total. The molecule has 0 heterocycles. The molecule has 2 N–H and O–H groups in total. The van der Waals surface area contributed by atoms with E-state index in [0.29, 0.717) is 12.8 Å². The van der Waals surface area contributed by atoms with E-state index in [2.05, 4.69) is 15.9 Å². The molecule has 1 saturated carbocycles. The molecule has 0 saturated heterocycles. The fraction of sp³-hybridized carbons (Fsp3) is 0.500. The standard InChI is InChI=1S/C12H12BrClF3N/c13-7-6(12(18)4-2-1-3-5-12)9(15)11(17)8(14)10(7)16/h1-5,18H2. The molecule has 0 aliphatic heterocycles. The van der Waals surface area contributed by atoms with E-state index >= 15 is 0 Å². The maximum Gasteiger partial charge on any atom is 0.180 e. The average Bonchev–Trinajstić information content (AvgIpc) is 2.35. The van der Waals surface area contributed by atoms with Crippen LogP contribution in [0.2, 0.25) is 5.02 Å². The van der Waals surface area contributed by atoms with Crippen LogP contribution in [0.4, 0.5) is 13.2 Å². The monoisotopic (exact) mass is 341 g/mol. The fourth-order valence-electron chi connectivity index (χ4n) is 2.47. The van der Waals surface area contributed by atoms with Gasteiger partial charge in [-0.25, -0.2) is 13.2 Å². The van der Waals surface area contributed by atoms with Gasteiger partial charge in [0.1, 0.15) is 5.02 Å². The molecule has 1 aromatic carbocycles. The molecule has 6 heteroatoms. The Balaban J connectivity index is 2.63. The van der Waals surface area contributed by atoms with Gasteiger partial charge in [-0.15, -0.1) is 0 Å². The Kier molecular flexibility index (Phi) is 3.95. The zero-order chi connectivity index (χ0) is 13.5. The Morgan fingerprint density at radius 1 is 1.00 bits per heavy atom. The van der Waals surface area contributed by atoms with Gasteiger partial charge in [0.15, 0.2) is 17.5 Å². The summed E-state index contributed by atoms with van der Waals surface area (Å²) in [6.45, 7) is 0. The third-order valence-electron chi connectivity index (χ3n) is 3.45. The lowest BCUT2D eigenvalue weighted by atomic mass is 9.77. The minimum Gasteiger partial charge on any atom is -0.321 e. The average molecular weight is 343 g/mol. The molecule has 0 atom stereocenters. The highest BCUT2D eigenvalue weighted by molar-refractivity contribution is 9.10. The van der Waals surface area contributed by atoms with E-state index in [-0.39, 0.29) is 10.0 Å². The van der Waals surface area contributed by atoms with Gasteiger partial charge in [-0.1, -0.05) is 30.9 Å². The molecule has 0 spiro atoms. The quantitative estimate of drug-likeness (QED) is 0.584. The first-order chi connectivity index (χ1) is 8.38. The number of benzene rings is 1. The van der Waals surface area contributed by atoms with Gasteiger partial charge in [0, 0.05) is 11.1 Å². The summed E-state index contributed by atoms with van der Waals surface area (Å²) in [6.07, 6.45) is 3.63. The summed E-state index contributed by atoms with van der Waals surface area (Å²) in [6, 6.07) is 0. The molecule has 0 bridgehead atoms. The molecule has 1 aliphatic carbocycles. The second-order valence-electron chi connectivity index (χ2n) is 4.66.